The van der Waals surface area contributed by atoms with Crippen molar-refractivity contribution >= 4 is 46.0 Å². The second-order valence-electron chi connectivity index (χ2n) is 11.7. The number of rotatable bonds is 7. The standard InChI is InChI=1S/C31H39ClN6O3/c1-19(25-15-34-26-9-5-4-8-24(25)26)28(35-29(39)21-7-6-12-37(18-21)31(33)41)30(40)38-17-20(16-36(2)3)13-22-14-23(32)10-11-27(22)38/h4-5,8-11,14-15,19-21,28,34H,6-7,12-13,16-18H2,1-3H3,(H2,33,41)(H,35,39)/t19?,20-,21?,28?/m1/s1. The smallest absolute Gasteiger partial charge is 0.314 e. The van der Waals surface area contributed by atoms with Crippen molar-refractivity contribution in [1.82, 2.24) is 20.1 Å². The van der Waals surface area contributed by atoms with E-state index in [1.807, 2.05) is 74.6 Å². The highest BCUT2D eigenvalue weighted by atomic mass is 35.5. The molecule has 3 heterocycles. The Hall–Kier alpha value is -3.56. The van der Waals surface area contributed by atoms with Crippen LogP contribution < -0.4 is 16.0 Å². The number of aromatic amines is 1. The predicted molar refractivity (Wildman–Crippen MR) is 162 cm³/mol. The number of halogens is 1. The van der Waals surface area contributed by atoms with E-state index in [2.05, 4.69) is 15.2 Å². The number of piperidine rings is 1. The number of H-pyrrole nitrogens is 1. The van der Waals surface area contributed by atoms with Crippen LogP contribution in [-0.2, 0) is 16.0 Å². The van der Waals surface area contributed by atoms with Gasteiger partial charge in [-0.3, -0.25) is 9.59 Å². The lowest BCUT2D eigenvalue weighted by Gasteiger charge is -2.39. The summed E-state index contributed by atoms with van der Waals surface area (Å²) in [7, 11) is 4.06. The van der Waals surface area contributed by atoms with E-state index in [1.54, 1.807) is 0 Å². The molecule has 4 amide bonds. The predicted octanol–water partition coefficient (Wildman–Crippen LogP) is 3.97. The molecule has 218 valence electrons. The second-order valence-corrected chi connectivity index (χ2v) is 12.2. The minimum atomic E-state index is -0.827. The van der Waals surface area contributed by atoms with Crippen LogP contribution in [0.2, 0.25) is 5.02 Å². The molecule has 1 fully saturated rings. The molecule has 9 nitrogen and oxygen atoms in total. The second kappa shape index (κ2) is 12.1. The monoisotopic (exact) mass is 578 g/mol. The number of fused-ring (bicyclic) bond motifs is 2. The summed E-state index contributed by atoms with van der Waals surface area (Å²) >= 11 is 6.37. The van der Waals surface area contributed by atoms with Crippen LogP contribution in [0.3, 0.4) is 0 Å². The molecule has 0 saturated carbocycles. The lowest BCUT2D eigenvalue weighted by Crippen LogP contribution is -2.56. The van der Waals surface area contributed by atoms with Crippen LogP contribution in [0.25, 0.3) is 10.9 Å². The number of likely N-dealkylation sites (tertiary alicyclic amines) is 1. The van der Waals surface area contributed by atoms with Crippen LogP contribution in [0.4, 0.5) is 10.5 Å². The molecule has 0 bridgehead atoms. The van der Waals surface area contributed by atoms with Gasteiger partial charge >= 0.3 is 6.03 Å². The summed E-state index contributed by atoms with van der Waals surface area (Å²) in [5.74, 6) is -0.953. The van der Waals surface area contributed by atoms with Gasteiger partial charge in [0.25, 0.3) is 0 Å². The summed E-state index contributed by atoms with van der Waals surface area (Å²) in [6, 6.07) is 12.3. The highest BCUT2D eigenvalue weighted by Gasteiger charge is 2.39. The molecule has 4 N–H and O–H groups in total. The fourth-order valence-electron chi connectivity index (χ4n) is 6.44. The zero-order chi connectivity index (χ0) is 29.3. The number of hydrogen-bond acceptors (Lipinski definition) is 4. The Balaban J connectivity index is 1.50. The number of hydrogen-bond donors (Lipinski definition) is 3. The first-order chi connectivity index (χ1) is 19.6. The fraction of sp³-hybridized carbons (Fsp3) is 0.452. The molecule has 0 aliphatic carbocycles. The SMILES string of the molecule is CC(c1c[nH]c2ccccc12)C(NC(=O)C1CCCN(C(N)=O)C1)C(=O)N1C[C@@H](CN(C)C)Cc2cc(Cl)ccc21. The molecule has 3 aromatic rings. The zero-order valence-corrected chi connectivity index (χ0v) is 24.7. The number of primary amides is 1. The summed E-state index contributed by atoms with van der Waals surface area (Å²) in [4.78, 5) is 48.9. The van der Waals surface area contributed by atoms with Crippen molar-refractivity contribution in [2.45, 2.75) is 38.1 Å². The third kappa shape index (κ3) is 6.21. The van der Waals surface area contributed by atoms with Crippen molar-refractivity contribution in [3.63, 3.8) is 0 Å². The van der Waals surface area contributed by atoms with E-state index in [1.165, 1.54) is 4.90 Å². The number of urea groups is 1. The van der Waals surface area contributed by atoms with Gasteiger partial charge in [0.15, 0.2) is 0 Å². The largest absolute Gasteiger partial charge is 0.361 e. The van der Waals surface area contributed by atoms with Crippen LogP contribution in [0.5, 0.6) is 0 Å². The molecule has 5 rings (SSSR count). The number of amides is 4. The average Bonchev–Trinajstić information content (AvgIpc) is 3.38. The Morgan fingerprint density at radius 3 is 2.71 bits per heavy atom. The third-order valence-electron chi connectivity index (χ3n) is 8.45. The Kier molecular flexibility index (Phi) is 8.56. The fourth-order valence-corrected chi connectivity index (χ4v) is 6.64. The summed E-state index contributed by atoms with van der Waals surface area (Å²) in [6.45, 7) is 4.12. The van der Waals surface area contributed by atoms with E-state index in [-0.39, 0.29) is 30.2 Å². The highest BCUT2D eigenvalue weighted by Crippen LogP contribution is 2.35. The minimum absolute atomic E-state index is 0.161. The minimum Gasteiger partial charge on any atom is -0.361 e. The van der Waals surface area contributed by atoms with E-state index in [4.69, 9.17) is 17.3 Å². The summed E-state index contributed by atoms with van der Waals surface area (Å²) < 4.78 is 0. The number of benzene rings is 2. The Morgan fingerprint density at radius 2 is 1.95 bits per heavy atom. The van der Waals surface area contributed by atoms with Crippen LogP contribution in [0.1, 0.15) is 36.8 Å². The zero-order valence-electron chi connectivity index (χ0n) is 23.9. The summed E-state index contributed by atoms with van der Waals surface area (Å²) in [5, 5.41) is 4.78. The van der Waals surface area contributed by atoms with Gasteiger partial charge in [0.2, 0.25) is 11.8 Å². The van der Waals surface area contributed by atoms with E-state index >= 15 is 0 Å². The third-order valence-corrected chi connectivity index (χ3v) is 8.69. The van der Waals surface area contributed by atoms with Crippen LogP contribution >= 0.6 is 11.6 Å². The maximum atomic E-state index is 14.6. The number of aromatic nitrogens is 1. The van der Waals surface area contributed by atoms with E-state index < -0.39 is 18.0 Å². The molecule has 3 unspecified atom stereocenters. The van der Waals surface area contributed by atoms with E-state index in [9.17, 15) is 14.4 Å². The van der Waals surface area contributed by atoms with Crippen LogP contribution in [0.15, 0.2) is 48.7 Å². The first-order valence-electron chi connectivity index (χ1n) is 14.3. The van der Waals surface area contributed by atoms with Gasteiger partial charge in [-0.2, -0.15) is 0 Å². The molecule has 1 aromatic heterocycles. The van der Waals surface area contributed by atoms with E-state index in [0.717, 1.165) is 40.7 Å². The van der Waals surface area contributed by atoms with Gasteiger partial charge in [-0.15, -0.1) is 0 Å². The molecular formula is C31H39ClN6O3. The van der Waals surface area contributed by atoms with Crippen molar-refractivity contribution < 1.29 is 14.4 Å². The van der Waals surface area contributed by atoms with Crippen LogP contribution in [-0.4, -0.2) is 78.9 Å². The molecular weight excluding hydrogens is 540 g/mol. The Bertz CT molecular complexity index is 1440. The molecule has 2 aromatic carbocycles. The first kappa shape index (κ1) is 29.0. The molecule has 0 radical (unpaired) electrons. The maximum absolute atomic E-state index is 14.6. The van der Waals surface area contributed by atoms with Gasteiger partial charge in [-0.1, -0.05) is 36.7 Å². The summed E-state index contributed by atoms with van der Waals surface area (Å²) in [5.41, 5.74) is 9.31. The number of carbonyl (C=O) groups is 3. The maximum Gasteiger partial charge on any atom is 0.314 e. The molecule has 1 saturated heterocycles. The molecule has 10 heteroatoms. The number of nitrogens with one attached hydrogen (secondary N) is 2. The number of nitrogens with zero attached hydrogens (tertiary/aromatic N) is 3. The lowest BCUT2D eigenvalue weighted by atomic mass is 9.88. The summed E-state index contributed by atoms with van der Waals surface area (Å²) in [6.07, 6.45) is 4.06. The Morgan fingerprint density at radius 1 is 1.17 bits per heavy atom. The van der Waals surface area contributed by atoms with Crippen molar-refractivity contribution in [3.8, 4) is 0 Å². The van der Waals surface area contributed by atoms with Crippen molar-refractivity contribution in [2.24, 2.45) is 17.6 Å². The number of nitrogens with two attached hydrogens (primary N) is 1. The van der Waals surface area contributed by atoms with Crippen LogP contribution in [0, 0.1) is 11.8 Å². The van der Waals surface area contributed by atoms with Gasteiger partial charge in [0.05, 0.1) is 5.92 Å². The molecule has 2 aliphatic rings. The van der Waals surface area contributed by atoms with Crippen molar-refractivity contribution in [2.75, 3.05) is 45.2 Å². The van der Waals surface area contributed by atoms with Crippen molar-refractivity contribution in [3.05, 3.63) is 64.8 Å². The molecule has 4 atom stereocenters. The average molecular weight is 579 g/mol. The normalized spacial score (nSPS) is 20.5. The lowest BCUT2D eigenvalue weighted by molar-refractivity contribution is -0.131. The number of carbonyl (C=O) groups excluding carboxylic acids is 3. The highest BCUT2D eigenvalue weighted by molar-refractivity contribution is 6.30. The molecule has 0 spiro atoms. The van der Waals surface area contributed by atoms with Gasteiger partial charge < -0.3 is 30.7 Å². The number of anilines is 1. The van der Waals surface area contributed by atoms with E-state index in [0.29, 0.717) is 31.0 Å². The topological polar surface area (TPSA) is 115 Å². The number of para-hydroxylation sites is 1. The van der Waals surface area contributed by atoms with Crippen molar-refractivity contribution in [1.29, 1.82) is 0 Å². The first-order valence-corrected chi connectivity index (χ1v) is 14.7. The van der Waals surface area contributed by atoms with Gasteiger partial charge in [0.1, 0.15) is 6.04 Å². The van der Waals surface area contributed by atoms with Gasteiger partial charge in [-0.25, -0.2) is 4.79 Å². The quantitative estimate of drug-likeness (QED) is 0.393. The molecule has 41 heavy (non-hydrogen) atoms. The van der Waals surface area contributed by atoms with Gasteiger partial charge in [0, 0.05) is 59.9 Å². The van der Waals surface area contributed by atoms with Gasteiger partial charge in [-0.05, 0) is 74.7 Å². The Labute approximate surface area is 246 Å². The molecule has 2 aliphatic heterocycles.